The van der Waals surface area contributed by atoms with Crippen LogP contribution in [0.2, 0.25) is 0 Å². The monoisotopic (exact) mass is 344 g/mol. The van der Waals surface area contributed by atoms with E-state index in [9.17, 15) is 12.8 Å². The lowest BCUT2D eigenvalue weighted by atomic mass is 9.99. The Morgan fingerprint density at radius 2 is 1.87 bits per heavy atom. The van der Waals surface area contributed by atoms with Crippen molar-refractivity contribution in [2.45, 2.75) is 56.4 Å². The minimum Gasteiger partial charge on any atom is -0.375 e. The zero-order valence-corrected chi connectivity index (χ0v) is 14.9. The zero-order chi connectivity index (χ0) is 17.2. The van der Waals surface area contributed by atoms with E-state index in [-0.39, 0.29) is 35.3 Å². The fraction of sp³-hybridized carbons (Fsp3) is 0.625. The largest absolute Gasteiger partial charge is 0.375 e. The maximum absolute atomic E-state index is 14.2. The van der Waals surface area contributed by atoms with E-state index in [1.807, 2.05) is 13.8 Å². The van der Waals surface area contributed by atoms with Crippen LogP contribution in [0.15, 0.2) is 23.1 Å². The normalized spacial score (nSPS) is 25.7. The number of sulfonamides is 1. The lowest BCUT2D eigenvalue weighted by molar-refractivity contribution is -0.0423. The second-order valence-electron chi connectivity index (χ2n) is 6.31. The van der Waals surface area contributed by atoms with Crippen molar-refractivity contribution in [2.24, 2.45) is 0 Å². The molecule has 23 heavy (non-hydrogen) atoms. The van der Waals surface area contributed by atoms with Crippen molar-refractivity contribution in [1.82, 2.24) is 9.62 Å². The Morgan fingerprint density at radius 3 is 2.43 bits per heavy atom. The number of halogens is 1. The third-order valence-electron chi connectivity index (χ3n) is 4.10. The summed E-state index contributed by atoms with van der Waals surface area (Å²) >= 11 is 0. The number of hydrogen-bond acceptors (Lipinski definition) is 4. The van der Waals surface area contributed by atoms with Gasteiger partial charge in [-0.1, -0.05) is 6.07 Å². The van der Waals surface area contributed by atoms with E-state index in [0.29, 0.717) is 0 Å². The number of rotatable bonds is 5. The fourth-order valence-electron chi connectivity index (χ4n) is 2.97. The summed E-state index contributed by atoms with van der Waals surface area (Å²) in [4.78, 5) is 0.0168. The van der Waals surface area contributed by atoms with Gasteiger partial charge in [-0.05, 0) is 38.8 Å². The van der Waals surface area contributed by atoms with Crippen molar-refractivity contribution in [3.8, 4) is 0 Å². The van der Waals surface area contributed by atoms with Gasteiger partial charge in [0.25, 0.3) is 0 Å². The number of nitrogens with zero attached hydrogens (tertiary/aromatic N) is 1. The smallest absolute Gasteiger partial charge is 0.242 e. The molecule has 0 radical (unpaired) electrons. The number of nitrogens with one attached hydrogen (secondary N) is 1. The maximum Gasteiger partial charge on any atom is 0.242 e. The summed E-state index contributed by atoms with van der Waals surface area (Å²) < 4.78 is 45.7. The topological polar surface area (TPSA) is 58.6 Å². The summed E-state index contributed by atoms with van der Waals surface area (Å²) in [7, 11) is -0.788. The van der Waals surface area contributed by atoms with Gasteiger partial charge < -0.3 is 10.1 Å². The minimum atomic E-state index is -3.68. The highest BCUT2D eigenvalue weighted by Gasteiger charge is 2.26. The Bertz CT molecular complexity index is 639. The SMILES string of the molecule is C[C@@H]1CC(NCc2c(F)cccc2S(=O)(=O)N(C)C)C[C@@H](C)O1. The lowest BCUT2D eigenvalue weighted by Gasteiger charge is -2.33. The van der Waals surface area contributed by atoms with E-state index in [1.54, 1.807) is 0 Å². The molecule has 0 bridgehead atoms. The van der Waals surface area contributed by atoms with Gasteiger partial charge in [-0.3, -0.25) is 0 Å². The molecule has 5 nitrogen and oxygen atoms in total. The molecule has 2 rings (SSSR count). The van der Waals surface area contributed by atoms with E-state index >= 15 is 0 Å². The molecule has 2 atom stereocenters. The lowest BCUT2D eigenvalue weighted by Crippen LogP contribution is -2.41. The van der Waals surface area contributed by atoms with Crippen LogP contribution in [0.1, 0.15) is 32.3 Å². The molecular formula is C16H25FN2O3S. The van der Waals surface area contributed by atoms with Crippen molar-refractivity contribution >= 4 is 10.0 Å². The molecule has 1 aliphatic heterocycles. The molecule has 0 aliphatic carbocycles. The highest BCUT2D eigenvalue weighted by Crippen LogP contribution is 2.23. The molecule has 1 saturated heterocycles. The summed E-state index contributed by atoms with van der Waals surface area (Å²) in [6.07, 6.45) is 1.94. The highest BCUT2D eigenvalue weighted by atomic mass is 32.2. The molecule has 0 spiro atoms. The Kier molecular flexibility index (Phi) is 5.78. The first-order valence-electron chi connectivity index (χ1n) is 7.80. The number of benzene rings is 1. The van der Waals surface area contributed by atoms with Crippen LogP contribution in [0.5, 0.6) is 0 Å². The quantitative estimate of drug-likeness (QED) is 0.889. The summed E-state index contributed by atoms with van der Waals surface area (Å²) in [5.74, 6) is -0.506. The minimum absolute atomic E-state index is 0.0168. The predicted octanol–water partition coefficient (Wildman–Crippen LogP) is 2.12. The molecule has 1 heterocycles. The van der Waals surface area contributed by atoms with Gasteiger partial charge in [0.1, 0.15) is 5.82 Å². The summed E-state index contributed by atoms with van der Waals surface area (Å²) in [6, 6.07) is 4.35. The summed E-state index contributed by atoms with van der Waals surface area (Å²) in [5, 5.41) is 3.29. The second kappa shape index (κ2) is 7.25. The molecule has 0 amide bonds. The van der Waals surface area contributed by atoms with Crippen LogP contribution >= 0.6 is 0 Å². The molecule has 7 heteroatoms. The van der Waals surface area contributed by atoms with Gasteiger partial charge in [-0.15, -0.1) is 0 Å². The van der Waals surface area contributed by atoms with Gasteiger partial charge in [0.2, 0.25) is 10.0 Å². The first-order chi connectivity index (χ1) is 10.7. The third-order valence-corrected chi connectivity index (χ3v) is 6.00. The highest BCUT2D eigenvalue weighted by molar-refractivity contribution is 7.89. The van der Waals surface area contributed by atoms with Crippen LogP contribution in [0.25, 0.3) is 0 Å². The molecule has 0 aromatic heterocycles. The van der Waals surface area contributed by atoms with Crippen molar-refractivity contribution < 1.29 is 17.5 Å². The summed E-state index contributed by atoms with van der Waals surface area (Å²) in [6.45, 7) is 4.20. The van der Waals surface area contributed by atoms with E-state index in [4.69, 9.17) is 4.74 Å². The first-order valence-corrected chi connectivity index (χ1v) is 9.24. The van der Waals surface area contributed by atoms with Gasteiger partial charge >= 0.3 is 0 Å². The maximum atomic E-state index is 14.2. The van der Waals surface area contributed by atoms with Crippen LogP contribution in [0.3, 0.4) is 0 Å². The van der Waals surface area contributed by atoms with Gasteiger partial charge in [0.05, 0.1) is 17.1 Å². The molecule has 1 aromatic carbocycles. The van der Waals surface area contributed by atoms with E-state index < -0.39 is 15.8 Å². The van der Waals surface area contributed by atoms with Crippen LogP contribution in [0.4, 0.5) is 4.39 Å². The van der Waals surface area contributed by atoms with Crippen LogP contribution in [0, 0.1) is 5.82 Å². The van der Waals surface area contributed by atoms with Gasteiger partial charge in [-0.2, -0.15) is 0 Å². The van der Waals surface area contributed by atoms with Crippen LogP contribution in [-0.4, -0.2) is 45.1 Å². The van der Waals surface area contributed by atoms with E-state index in [0.717, 1.165) is 17.1 Å². The standard InChI is InChI=1S/C16H25FN2O3S/c1-11-8-13(9-12(2)22-11)18-10-14-15(17)6-5-7-16(14)23(20,21)19(3)4/h5-7,11-13,18H,8-10H2,1-4H3/t11-,12-/m1/s1. The Morgan fingerprint density at radius 1 is 1.26 bits per heavy atom. The van der Waals surface area contributed by atoms with Gasteiger partial charge in [0, 0.05) is 32.2 Å². The number of hydrogen-bond donors (Lipinski definition) is 1. The summed E-state index contributed by atoms with van der Waals surface area (Å²) in [5.41, 5.74) is 0.188. The van der Waals surface area contributed by atoms with Crippen molar-refractivity contribution in [2.75, 3.05) is 14.1 Å². The Hall–Kier alpha value is -1.02. The number of ether oxygens (including phenoxy) is 1. The first kappa shape index (κ1) is 18.3. The van der Waals surface area contributed by atoms with E-state index in [2.05, 4.69) is 5.32 Å². The van der Waals surface area contributed by atoms with Gasteiger partial charge in [0.15, 0.2) is 0 Å². The molecule has 1 aromatic rings. The molecule has 0 unspecified atom stereocenters. The van der Waals surface area contributed by atoms with Crippen LogP contribution < -0.4 is 5.32 Å². The molecule has 1 fully saturated rings. The van der Waals surface area contributed by atoms with Gasteiger partial charge in [-0.25, -0.2) is 17.1 Å². The van der Waals surface area contributed by atoms with Crippen molar-refractivity contribution in [1.29, 1.82) is 0 Å². The Balaban J connectivity index is 2.20. The van der Waals surface area contributed by atoms with Crippen LogP contribution in [-0.2, 0) is 21.3 Å². The van der Waals surface area contributed by atoms with Crippen molar-refractivity contribution in [3.63, 3.8) is 0 Å². The molecule has 0 saturated carbocycles. The average Bonchev–Trinajstić information content (AvgIpc) is 2.44. The molecule has 1 aliphatic rings. The average molecular weight is 344 g/mol. The Labute approximate surface area is 137 Å². The van der Waals surface area contributed by atoms with E-state index in [1.165, 1.54) is 32.3 Å². The molecule has 1 N–H and O–H groups in total. The van der Waals surface area contributed by atoms with Crippen molar-refractivity contribution in [3.05, 3.63) is 29.6 Å². The molecule has 130 valence electrons. The fourth-order valence-corrected chi connectivity index (χ4v) is 4.09. The predicted molar refractivity (Wildman–Crippen MR) is 87.1 cm³/mol. The third kappa shape index (κ3) is 4.29. The zero-order valence-electron chi connectivity index (χ0n) is 14.0. The molecular weight excluding hydrogens is 319 g/mol. The second-order valence-corrected chi connectivity index (χ2v) is 8.43.